The molecule has 3 aromatic carbocycles. The van der Waals surface area contributed by atoms with Crippen molar-refractivity contribution in [3.8, 4) is 11.5 Å². The average molecular weight is 915 g/mol. The van der Waals surface area contributed by atoms with Gasteiger partial charge in [0.15, 0.2) is 11.1 Å². The van der Waals surface area contributed by atoms with Crippen LogP contribution in [-0.4, -0.2) is 33.2 Å². The molecule has 0 radical (unpaired) electrons. The molecule has 0 aromatic heterocycles. The molecule has 1 N–H and O–H groups in total. The van der Waals surface area contributed by atoms with E-state index >= 15 is 0 Å². The highest BCUT2D eigenvalue weighted by Gasteiger charge is 2.72. The Hall–Kier alpha value is -3.60. The molecular formula is C62H94N2O3. The summed E-state index contributed by atoms with van der Waals surface area (Å²) in [5, 5.41) is 13.6. The summed E-state index contributed by atoms with van der Waals surface area (Å²) in [5.74, 6) is 0.884. The molecule has 5 heteroatoms. The van der Waals surface area contributed by atoms with Crippen molar-refractivity contribution < 1.29 is 14.6 Å². The minimum atomic E-state index is -0.916. The van der Waals surface area contributed by atoms with Crippen molar-refractivity contribution in [1.82, 2.24) is 4.58 Å². The predicted octanol–water partition coefficient (Wildman–Crippen LogP) is 14.8. The lowest BCUT2D eigenvalue weighted by Crippen LogP contribution is -2.79. The Bertz CT molecular complexity index is 2790. The van der Waals surface area contributed by atoms with Gasteiger partial charge in [-0.3, -0.25) is 0 Å². The third-order valence-corrected chi connectivity index (χ3v) is 23.3. The molecule has 8 rings (SSSR count). The molecule has 0 atom stereocenters. The van der Waals surface area contributed by atoms with Crippen LogP contribution in [0.4, 0.5) is 5.69 Å². The number of aromatic carboxylic acids is 1. The maximum atomic E-state index is 13.8. The number of hydrogen-bond acceptors (Lipinski definition) is 3. The molecule has 3 aromatic rings. The van der Waals surface area contributed by atoms with E-state index in [0.717, 1.165) is 39.0 Å². The first-order valence-corrected chi connectivity index (χ1v) is 25.4. The van der Waals surface area contributed by atoms with Crippen molar-refractivity contribution in [2.24, 2.45) is 21.7 Å². The smallest absolute Gasteiger partial charge is 0.336 e. The van der Waals surface area contributed by atoms with Crippen molar-refractivity contribution in [3.05, 3.63) is 91.8 Å². The van der Waals surface area contributed by atoms with Gasteiger partial charge in [0, 0.05) is 99.0 Å². The number of carboxylic acid groups (broad SMARTS) is 1. The summed E-state index contributed by atoms with van der Waals surface area (Å²) in [6, 6.07) is 5.95. The van der Waals surface area contributed by atoms with Gasteiger partial charge in [0.25, 0.3) is 0 Å². The van der Waals surface area contributed by atoms with E-state index in [2.05, 4.69) is 202 Å². The number of carboxylic acids is 1. The van der Waals surface area contributed by atoms with Crippen LogP contribution >= 0.6 is 0 Å². The third-order valence-electron chi connectivity index (χ3n) is 23.3. The van der Waals surface area contributed by atoms with E-state index in [1.54, 1.807) is 0 Å². The molecule has 0 saturated carbocycles. The summed E-state index contributed by atoms with van der Waals surface area (Å²) in [6.07, 6.45) is 0. The Morgan fingerprint density at radius 1 is 0.552 bits per heavy atom. The standard InChI is InChI=1S/C59H84N2O3.C2H6.CH3/c1-31-28-29-34(47(62)63)35(30-31)38-36-32(2)39-43-41(50(8,9)54(16,17)58(24,25)60(43)56(20,21)52(12,13)48(39,4)5)45(36)64-46-37(38)33(3)40-44-42(46)51(10,11)55(18,19)59(26,27)61(44)57(22,23)53(14,15)49(40,6)7;1-2;/h28-30H,1-27H3;1-2H3;1H3/q;;-1/p+1. The summed E-state index contributed by atoms with van der Waals surface area (Å²) >= 11 is 0. The molecule has 5 aliphatic rings. The number of fused-ring (bicyclic) bond motifs is 4. The molecule has 370 valence electrons. The first kappa shape index (κ1) is 52.8. The number of hydrogen-bond donors (Lipinski definition) is 1. The molecule has 5 aliphatic heterocycles. The van der Waals surface area contributed by atoms with Gasteiger partial charge in [-0.1, -0.05) is 142 Å². The zero-order valence-corrected chi connectivity index (χ0v) is 48.4. The minimum absolute atomic E-state index is 0. The number of rotatable bonds is 2. The maximum absolute atomic E-state index is 13.8. The van der Waals surface area contributed by atoms with E-state index in [0.29, 0.717) is 5.56 Å². The molecule has 0 saturated heterocycles. The summed E-state index contributed by atoms with van der Waals surface area (Å²) in [5.41, 5.74) is 9.79. The molecule has 5 nitrogen and oxygen atoms in total. The number of ether oxygens (including phenoxy) is 1. The van der Waals surface area contributed by atoms with Crippen LogP contribution in [0, 0.1) is 49.9 Å². The highest BCUT2D eigenvalue weighted by atomic mass is 16.5. The zero-order valence-electron chi connectivity index (χ0n) is 48.4. The van der Waals surface area contributed by atoms with Gasteiger partial charge in [-0.25, -0.2) is 9.37 Å². The summed E-state index contributed by atoms with van der Waals surface area (Å²) in [4.78, 5) is 16.6. The van der Waals surface area contributed by atoms with Crippen LogP contribution in [0.2, 0.25) is 0 Å². The molecule has 0 fully saturated rings. The number of aryl methyl sites for hydroxylation is 1. The van der Waals surface area contributed by atoms with Crippen molar-refractivity contribution >= 4 is 17.2 Å². The summed E-state index contributed by atoms with van der Waals surface area (Å²) in [7, 11) is 0. The van der Waals surface area contributed by atoms with Gasteiger partial charge in [0.05, 0.1) is 11.1 Å². The van der Waals surface area contributed by atoms with Crippen LogP contribution in [0.15, 0.2) is 18.2 Å². The van der Waals surface area contributed by atoms with Crippen LogP contribution in [0.25, 0.3) is 5.57 Å². The van der Waals surface area contributed by atoms with Gasteiger partial charge < -0.3 is 22.2 Å². The Balaban J connectivity index is 0.00000244. The van der Waals surface area contributed by atoms with Gasteiger partial charge in [-0.2, -0.15) is 0 Å². The van der Waals surface area contributed by atoms with Crippen molar-refractivity contribution in [3.63, 3.8) is 0 Å². The normalized spacial score (nSPS) is 25.1. The minimum Gasteiger partial charge on any atom is -0.478 e. The number of nitrogens with zero attached hydrogens (tertiary/aromatic N) is 2. The molecule has 0 aliphatic carbocycles. The first-order chi connectivity index (χ1) is 29.5. The lowest BCUT2D eigenvalue weighted by molar-refractivity contribution is -0.0629. The zero-order chi connectivity index (χ0) is 50.8. The van der Waals surface area contributed by atoms with Crippen LogP contribution in [0.1, 0.15) is 240 Å². The van der Waals surface area contributed by atoms with Gasteiger partial charge in [0.2, 0.25) is 5.36 Å². The number of carbonyl (C=O) groups is 1. The van der Waals surface area contributed by atoms with Crippen molar-refractivity contribution in [1.29, 1.82) is 0 Å². The molecule has 0 unspecified atom stereocenters. The van der Waals surface area contributed by atoms with Crippen LogP contribution in [0.5, 0.6) is 11.5 Å². The van der Waals surface area contributed by atoms with Crippen LogP contribution < -0.4 is 24.8 Å². The topological polar surface area (TPSA) is 52.8 Å². The highest BCUT2D eigenvalue weighted by Crippen LogP contribution is 2.72. The van der Waals surface area contributed by atoms with Crippen LogP contribution in [0.3, 0.4) is 0 Å². The van der Waals surface area contributed by atoms with E-state index < -0.39 is 5.97 Å². The van der Waals surface area contributed by atoms with Crippen molar-refractivity contribution in [2.45, 2.75) is 245 Å². The Labute approximate surface area is 409 Å². The molecule has 0 bridgehead atoms. The molecule has 0 spiro atoms. The van der Waals surface area contributed by atoms with Gasteiger partial charge in [-0.05, 0) is 93.0 Å². The molecule has 0 amide bonds. The SMILES string of the molecule is CC.Cc1ccc(C(=O)O)c(C2=c3c(C)c4c5c(c3Oc3c2c(C)c2c6c3C(C)(C)C(C)(C)C(C)(C)N6C(C)(C)C(C)(C)C2(C)C)C(C)(C)C(C)(C)C(C)(C)[N+]=5C(C)(C)C(C)(C)C4(C)C)c1.[CH3-]. The summed E-state index contributed by atoms with van der Waals surface area (Å²) in [6.45, 7) is 70.0. The predicted molar refractivity (Wildman–Crippen MR) is 286 cm³/mol. The Morgan fingerprint density at radius 3 is 1.42 bits per heavy atom. The second kappa shape index (κ2) is 14.0. The van der Waals surface area contributed by atoms with E-state index in [1.165, 1.54) is 44.4 Å². The van der Waals surface area contributed by atoms with E-state index in [9.17, 15) is 9.90 Å². The fourth-order valence-electron chi connectivity index (χ4n) is 15.1. The van der Waals surface area contributed by atoms with Gasteiger partial charge >= 0.3 is 5.97 Å². The Kier molecular flexibility index (Phi) is 11.1. The van der Waals surface area contributed by atoms with Crippen LogP contribution in [-0.2, 0) is 21.7 Å². The lowest BCUT2D eigenvalue weighted by Gasteiger charge is -2.73. The van der Waals surface area contributed by atoms with E-state index in [4.69, 9.17) is 4.74 Å². The lowest BCUT2D eigenvalue weighted by atomic mass is 9.45. The van der Waals surface area contributed by atoms with E-state index in [1.807, 2.05) is 26.0 Å². The fourth-order valence-corrected chi connectivity index (χ4v) is 15.1. The second-order valence-electron chi connectivity index (χ2n) is 27.6. The van der Waals surface area contributed by atoms with Crippen molar-refractivity contribution in [2.75, 3.05) is 4.90 Å². The monoisotopic (exact) mass is 915 g/mol. The molecular weight excluding hydrogens is 821 g/mol. The first-order valence-electron chi connectivity index (χ1n) is 25.4. The third kappa shape index (κ3) is 5.40. The molecule has 5 heterocycles. The largest absolute Gasteiger partial charge is 0.478 e. The Morgan fingerprint density at radius 2 is 0.970 bits per heavy atom. The molecule has 67 heavy (non-hydrogen) atoms. The quantitative estimate of drug-likeness (QED) is 0.161. The van der Waals surface area contributed by atoms with E-state index in [-0.39, 0.29) is 72.9 Å². The summed E-state index contributed by atoms with van der Waals surface area (Å²) < 4.78 is 11.0. The van der Waals surface area contributed by atoms with Gasteiger partial charge in [-0.15, -0.1) is 0 Å². The fraction of sp³-hybridized carbons (Fsp3) is 0.661. The maximum Gasteiger partial charge on any atom is 0.336 e. The second-order valence-corrected chi connectivity index (χ2v) is 27.6. The highest BCUT2D eigenvalue weighted by molar-refractivity contribution is 6.01. The number of anilines is 1. The number of benzene rings is 3. The van der Waals surface area contributed by atoms with Gasteiger partial charge in [0.1, 0.15) is 11.5 Å². The average Bonchev–Trinajstić information content (AvgIpc) is 3.14.